The van der Waals surface area contributed by atoms with Gasteiger partial charge in [-0.3, -0.25) is 4.79 Å². The van der Waals surface area contributed by atoms with Crippen LogP contribution < -0.4 is 11.1 Å². The van der Waals surface area contributed by atoms with E-state index in [-0.39, 0.29) is 18.0 Å². The van der Waals surface area contributed by atoms with E-state index in [0.717, 1.165) is 24.9 Å². The molecule has 4 heteroatoms. The quantitative estimate of drug-likeness (QED) is 0.625. The normalized spacial score (nSPS) is 19.7. The Morgan fingerprint density at radius 2 is 1.35 bits per heavy atom. The van der Waals surface area contributed by atoms with Gasteiger partial charge in [0.25, 0.3) is 0 Å². The lowest BCUT2D eigenvalue weighted by atomic mass is 9.96. The molecule has 31 heavy (non-hydrogen) atoms. The molecule has 0 spiro atoms. The molecule has 0 aliphatic carbocycles. The number of hydrogen-bond donors (Lipinski definition) is 2. The van der Waals surface area contributed by atoms with Gasteiger partial charge in [-0.2, -0.15) is 0 Å². The second-order valence-corrected chi connectivity index (χ2v) is 8.43. The second kappa shape index (κ2) is 10.4. The Bertz CT molecular complexity index is 946. The summed E-state index contributed by atoms with van der Waals surface area (Å²) in [5.74, 6) is 0.0457. The van der Waals surface area contributed by atoms with E-state index < -0.39 is 6.04 Å². The molecule has 1 heterocycles. The van der Waals surface area contributed by atoms with Gasteiger partial charge in [0.1, 0.15) is 0 Å². The lowest BCUT2D eigenvalue weighted by Crippen LogP contribution is -2.62. The van der Waals surface area contributed by atoms with Crippen molar-refractivity contribution in [2.75, 3.05) is 13.1 Å². The van der Waals surface area contributed by atoms with Gasteiger partial charge < -0.3 is 16.0 Å². The Labute approximate surface area is 185 Å². The summed E-state index contributed by atoms with van der Waals surface area (Å²) in [6.07, 6.45) is 2.29. The van der Waals surface area contributed by atoms with E-state index in [1.807, 2.05) is 47.4 Å². The molecule has 3 aromatic rings. The van der Waals surface area contributed by atoms with Gasteiger partial charge in [-0.15, -0.1) is 0 Å². The zero-order chi connectivity index (χ0) is 21.5. The highest BCUT2D eigenvalue weighted by Crippen LogP contribution is 2.17. The minimum absolute atomic E-state index is 0.0457. The number of piperazine rings is 1. The van der Waals surface area contributed by atoms with Crippen molar-refractivity contribution >= 4 is 5.91 Å². The maximum Gasteiger partial charge on any atom is 0.240 e. The van der Waals surface area contributed by atoms with Gasteiger partial charge in [-0.1, -0.05) is 91.0 Å². The van der Waals surface area contributed by atoms with Gasteiger partial charge in [0.2, 0.25) is 5.91 Å². The molecule has 1 fully saturated rings. The van der Waals surface area contributed by atoms with Crippen molar-refractivity contribution in [3.05, 3.63) is 108 Å². The van der Waals surface area contributed by atoms with Crippen molar-refractivity contribution in [1.82, 2.24) is 10.2 Å². The van der Waals surface area contributed by atoms with Crippen LogP contribution in [0.2, 0.25) is 0 Å². The molecule has 1 aliphatic heterocycles. The van der Waals surface area contributed by atoms with Crippen LogP contribution in [0.15, 0.2) is 91.0 Å². The summed E-state index contributed by atoms with van der Waals surface area (Å²) in [7, 11) is 0. The second-order valence-electron chi connectivity index (χ2n) is 8.43. The van der Waals surface area contributed by atoms with E-state index in [4.69, 9.17) is 5.73 Å². The highest BCUT2D eigenvalue weighted by molar-refractivity contribution is 5.82. The van der Waals surface area contributed by atoms with Crippen LogP contribution in [0.25, 0.3) is 0 Å². The molecule has 3 atom stereocenters. The first-order valence-electron chi connectivity index (χ1n) is 11.1. The van der Waals surface area contributed by atoms with Crippen molar-refractivity contribution in [3.8, 4) is 0 Å². The fourth-order valence-corrected chi connectivity index (χ4v) is 4.41. The zero-order valence-corrected chi connectivity index (χ0v) is 17.9. The minimum atomic E-state index is -0.531. The van der Waals surface area contributed by atoms with Gasteiger partial charge in [0.05, 0.1) is 6.04 Å². The molecule has 3 aromatic carbocycles. The highest BCUT2D eigenvalue weighted by atomic mass is 16.2. The maximum atomic E-state index is 13.5. The number of nitrogens with one attached hydrogen (secondary N) is 1. The monoisotopic (exact) mass is 413 g/mol. The summed E-state index contributed by atoms with van der Waals surface area (Å²) in [6.45, 7) is 1.45. The lowest BCUT2D eigenvalue weighted by Gasteiger charge is -2.42. The number of amides is 1. The first kappa shape index (κ1) is 21.3. The van der Waals surface area contributed by atoms with E-state index in [1.165, 1.54) is 11.1 Å². The predicted molar refractivity (Wildman–Crippen MR) is 126 cm³/mol. The average molecular weight is 414 g/mol. The van der Waals surface area contributed by atoms with Gasteiger partial charge in [-0.25, -0.2) is 0 Å². The molecule has 3 N–H and O–H groups in total. The third-order valence-electron chi connectivity index (χ3n) is 6.04. The molecule has 0 radical (unpaired) electrons. The van der Waals surface area contributed by atoms with E-state index >= 15 is 0 Å². The Hall–Kier alpha value is -2.95. The van der Waals surface area contributed by atoms with Gasteiger partial charge >= 0.3 is 0 Å². The first-order valence-corrected chi connectivity index (χ1v) is 11.1. The molecule has 0 saturated carbocycles. The van der Waals surface area contributed by atoms with Crippen LogP contribution >= 0.6 is 0 Å². The molecule has 1 aliphatic rings. The SMILES string of the molecule is N[C@@H](Cc1ccccc1)C(=O)N1C[C@H](Cc2ccccc2)NCC1Cc1ccccc1. The number of hydrogen-bond acceptors (Lipinski definition) is 3. The molecule has 4 nitrogen and oxygen atoms in total. The molecule has 0 aromatic heterocycles. The van der Waals surface area contributed by atoms with Crippen LogP contribution in [0.5, 0.6) is 0 Å². The smallest absolute Gasteiger partial charge is 0.240 e. The summed E-state index contributed by atoms with van der Waals surface area (Å²) in [5.41, 5.74) is 10.0. The number of nitrogens with zero attached hydrogens (tertiary/aromatic N) is 1. The van der Waals surface area contributed by atoms with Gasteiger partial charge in [-0.05, 0) is 36.0 Å². The van der Waals surface area contributed by atoms with Crippen LogP contribution in [-0.2, 0) is 24.1 Å². The summed E-state index contributed by atoms with van der Waals surface area (Å²) in [5, 5.41) is 3.68. The topological polar surface area (TPSA) is 58.4 Å². The summed E-state index contributed by atoms with van der Waals surface area (Å²) in [6, 6.07) is 30.7. The van der Waals surface area contributed by atoms with Crippen molar-refractivity contribution < 1.29 is 4.79 Å². The summed E-state index contributed by atoms with van der Waals surface area (Å²) < 4.78 is 0. The average Bonchev–Trinajstić information content (AvgIpc) is 2.81. The van der Waals surface area contributed by atoms with E-state index in [9.17, 15) is 4.79 Å². The molecule has 1 unspecified atom stereocenters. The lowest BCUT2D eigenvalue weighted by molar-refractivity contribution is -0.136. The summed E-state index contributed by atoms with van der Waals surface area (Å²) in [4.78, 5) is 15.5. The number of rotatable bonds is 7. The molecule has 1 saturated heterocycles. The van der Waals surface area contributed by atoms with E-state index in [2.05, 4.69) is 53.8 Å². The molecular formula is C27H31N3O. The van der Waals surface area contributed by atoms with Crippen LogP contribution in [0.1, 0.15) is 16.7 Å². The van der Waals surface area contributed by atoms with Gasteiger partial charge in [0, 0.05) is 25.2 Å². The van der Waals surface area contributed by atoms with E-state index in [0.29, 0.717) is 13.0 Å². The molecule has 0 bridgehead atoms. The number of carbonyl (C=O) groups is 1. The first-order chi connectivity index (χ1) is 15.2. The van der Waals surface area contributed by atoms with Gasteiger partial charge in [0.15, 0.2) is 0 Å². The van der Waals surface area contributed by atoms with Crippen molar-refractivity contribution in [2.45, 2.75) is 37.4 Å². The molecule has 4 rings (SSSR count). The number of benzene rings is 3. The molecule has 160 valence electrons. The van der Waals surface area contributed by atoms with Crippen LogP contribution in [0, 0.1) is 0 Å². The minimum Gasteiger partial charge on any atom is -0.335 e. The Kier molecular flexibility index (Phi) is 7.13. The summed E-state index contributed by atoms with van der Waals surface area (Å²) >= 11 is 0. The fourth-order valence-electron chi connectivity index (χ4n) is 4.41. The van der Waals surface area contributed by atoms with Crippen molar-refractivity contribution in [2.24, 2.45) is 5.73 Å². The third-order valence-corrected chi connectivity index (χ3v) is 6.04. The Morgan fingerprint density at radius 3 is 1.94 bits per heavy atom. The maximum absolute atomic E-state index is 13.5. The number of carbonyl (C=O) groups excluding carboxylic acids is 1. The van der Waals surface area contributed by atoms with Crippen molar-refractivity contribution in [1.29, 1.82) is 0 Å². The third kappa shape index (κ3) is 5.81. The van der Waals surface area contributed by atoms with Crippen LogP contribution in [0.3, 0.4) is 0 Å². The number of nitrogens with two attached hydrogens (primary N) is 1. The Morgan fingerprint density at radius 1 is 0.839 bits per heavy atom. The van der Waals surface area contributed by atoms with E-state index in [1.54, 1.807) is 0 Å². The Balaban J connectivity index is 1.49. The van der Waals surface area contributed by atoms with Crippen molar-refractivity contribution in [3.63, 3.8) is 0 Å². The highest BCUT2D eigenvalue weighted by Gasteiger charge is 2.33. The van der Waals surface area contributed by atoms with Crippen LogP contribution in [-0.4, -0.2) is 42.0 Å². The molecule has 1 amide bonds. The standard InChI is InChI=1S/C27H31N3O/c28-26(18-23-14-8-3-9-15-23)27(31)30-20-24(16-21-10-4-1-5-11-21)29-19-25(30)17-22-12-6-2-7-13-22/h1-15,24-26,29H,16-20,28H2/t24-,25?,26-/m0/s1. The predicted octanol–water partition coefficient (Wildman–Crippen LogP) is 3.21. The molecular weight excluding hydrogens is 382 g/mol. The zero-order valence-electron chi connectivity index (χ0n) is 17.9. The fraction of sp³-hybridized carbons (Fsp3) is 0.296. The van der Waals surface area contributed by atoms with Crippen LogP contribution in [0.4, 0.5) is 0 Å². The largest absolute Gasteiger partial charge is 0.335 e.